The van der Waals surface area contributed by atoms with Crippen molar-refractivity contribution in [2.24, 2.45) is 4.99 Å². The Balaban J connectivity index is 2.04. The van der Waals surface area contributed by atoms with Crippen LogP contribution in [0.4, 0.5) is 11.5 Å². The Labute approximate surface area is 87.9 Å². The van der Waals surface area contributed by atoms with Gasteiger partial charge in [0.15, 0.2) is 11.5 Å². The molecule has 4 nitrogen and oxygen atoms in total. The lowest BCUT2D eigenvalue weighted by atomic mass is 10.0. The summed E-state index contributed by atoms with van der Waals surface area (Å²) in [6.07, 6.45) is 4.23. The van der Waals surface area contributed by atoms with Crippen molar-refractivity contribution < 1.29 is 0 Å². The fraction of sp³-hybridized carbons (Fsp3) is 0.364. The minimum Gasteiger partial charge on any atom is -0.371 e. The Morgan fingerprint density at radius 3 is 2.87 bits per heavy atom. The number of anilines is 1. The summed E-state index contributed by atoms with van der Waals surface area (Å²) in [6, 6.07) is 4.09. The third-order valence-corrected chi connectivity index (χ3v) is 2.92. The predicted octanol–water partition coefficient (Wildman–Crippen LogP) is 1.64. The number of pyridine rings is 1. The molecule has 0 aromatic carbocycles. The van der Waals surface area contributed by atoms with E-state index in [-0.39, 0.29) is 0 Å². The van der Waals surface area contributed by atoms with Gasteiger partial charge in [0.25, 0.3) is 0 Å². The van der Waals surface area contributed by atoms with Gasteiger partial charge >= 0.3 is 0 Å². The predicted molar refractivity (Wildman–Crippen MR) is 57.5 cm³/mol. The molecular formula is C11H10N4. The summed E-state index contributed by atoms with van der Waals surface area (Å²) in [7, 11) is 0. The zero-order valence-electron chi connectivity index (χ0n) is 8.27. The van der Waals surface area contributed by atoms with Gasteiger partial charge in [-0.2, -0.15) is 5.26 Å². The summed E-state index contributed by atoms with van der Waals surface area (Å²) in [5.41, 5.74) is 2.60. The van der Waals surface area contributed by atoms with Crippen molar-refractivity contribution in [3.63, 3.8) is 0 Å². The van der Waals surface area contributed by atoms with Gasteiger partial charge in [0, 0.05) is 19.3 Å². The molecule has 2 aliphatic heterocycles. The summed E-state index contributed by atoms with van der Waals surface area (Å²) in [5.74, 6) is 0.718. The molecule has 74 valence electrons. The van der Waals surface area contributed by atoms with Crippen molar-refractivity contribution >= 4 is 17.2 Å². The van der Waals surface area contributed by atoms with Gasteiger partial charge in [0.1, 0.15) is 6.07 Å². The van der Waals surface area contributed by atoms with E-state index in [9.17, 15) is 0 Å². The average Bonchev–Trinajstić information content (AvgIpc) is 2.72. The second-order valence-electron chi connectivity index (χ2n) is 3.80. The number of aliphatic imine (C=N–C) groups is 1. The summed E-state index contributed by atoms with van der Waals surface area (Å²) in [6.45, 7) is 2.16. The highest BCUT2D eigenvalue weighted by Crippen LogP contribution is 2.36. The maximum Gasteiger partial charge on any atom is 0.165 e. The van der Waals surface area contributed by atoms with Crippen LogP contribution in [0.15, 0.2) is 17.3 Å². The van der Waals surface area contributed by atoms with Crippen molar-refractivity contribution in [2.75, 3.05) is 18.0 Å². The molecule has 0 N–H and O–H groups in total. The van der Waals surface area contributed by atoms with Gasteiger partial charge in [0.2, 0.25) is 0 Å². The van der Waals surface area contributed by atoms with Gasteiger partial charge in [-0.25, -0.2) is 9.98 Å². The van der Waals surface area contributed by atoms with Crippen LogP contribution >= 0.6 is 0 Å². The third-order valence-electron chi connectivity index (χ3n) is 2.92. The molecule has 4 heteroatoms. The number of rotatable bonds is 1. The van der Waals surface area contributed by atoms with E-state index in [0.29, 0.717) is 5.71 Å². The molecule has 0 aliphatic carbocycles. The molecule has 0 unspecified atom stereocenters. The van der Waals surface area contributed by atoms with Crippen LogP contribution in [0.1, 0.15) is 18.4 Å². The fourth-order valence-electron chi connectivity index (χ4n) is 2.16. The molecule has 1 saturated heterocycles. The maximum absolute atomic E-state index is 8.87. The largest absolute Gasteiger partial charge is 0.371 e. The van der Waals surface area contributed by atoms with Gasteiger partial charge < -0.3 is 4.90 Å². The topological polar surface area (TPSA) is 52.3 Å². The normalized spacial score (nSPS) is 17.8. The number of aromatic nitrogens is 1. The first-order valence-corrected chi connectivity index (χ1v) is 5.13. The lowest BCUT2D eigenvalue weighted by Crippen LogP contribution is -2.23. The van der Waals surface area contributed by atoms with Gasteiger partial charge in [0.05, 0.1) is 11.3 Å². The summed E-state index contributed by atoms with van der Waals surface area (Å²) >= 11 is 0. The van der Waals surface area contributed by atoms with E-state index < -0.39 is 0 Å². The van der Waals surface area contributed by atoms with Gasteiger partial charge in [-0.1, -0.05) is 0 Å². The van der Waals surface area contributed by atoms with Crippen LogP contribution in [0.5, 0.6) is 0 Å². The molecule has 0 spiro atoms. The number of hydrogen-bond donors (Lipinski definition) is 0. The Morgan fingerprint density at radius 2 is 2.13 bits per heavy atom. The summed E-state index contributed by atoms with van der Waals surface area (Å²) in [4.78, 5) is 10.5. The quantitative estimate of drug-likeness (QED) is 0.689. The van der Waals surface area contributed by atoms with Crippen molar-refractivity contribution in [2.45, 2.75) is 12.8 Å². The van der Waals surface area contributed by atoms with Crippen molar-refractivity contribution in [3.8, 4) is 6.07 Å². The van der Waals surface area contributed by atoms with E-state index in [2.05, 4.69) is 20.9 Å². The lowest BCUT2D eigenvalue weighted by Gasteiger charge is -2.24. The molecule has 2 aliphatic rings. The second kappa shape index (κ2) is 3.06. The average molecular weight is 198 g/mol. The lowest BCUT2D eigenvalue weighted by molar-refractivity contribution is 0.949. The van der Waals surface area contributed by atoms with E-state index in [4.69, 9.17) is 5.26 Å². The maximum atomic E-state index is 8.87. The number of hydrogen-bond acceptors (Lipinski definition) is 4. The Hall–Kier alpha value is -1.89. The van der Waals surface area contributed by atoms with Crippen LogP contribution in [-0.4, -0.2) is 23.8 Å². The molecule has 3 heterocycles. The van der Waals surface area contributed by atoms with Gasteiger partial charge in [-0.05, 0) is 18.9 Å². The van der Waals surface area contributed by atoms with Crippen LogP contribution in [0, 0.1) is 11.3 Å². The first kappa shape index (κ1) is 8.42. The zero-order valence-corrected chi connectivity index (χ0v) is 8.27. The van der Waals surface area contributed by atoms with Crippen molar-refractivity contribution in [1.82, 2.24) is 4.98 Å². The molecule has 1 aromatic heterocycles. The number of fused-ring (bicyclic) bond motifs is 1. The van der Waals surface area contributed by atoms with Crippen LogP contribution < -0.4 is 4.90 Å². The minimum atomic E-state index is 0.528. The Bertz CT molecular complexity index is 478. The molecule has 0 radical (unpaired) electrons. The molecule has 0 bridgehead atoms. The first-order chi connectivity index (χ1) is 7.40. The highest BCUT2D eigenvalue weighted by molar-refractivity contribution is 6.23. The van der Waals surface area contributed by atoms with E-state index in [1.54, 1.807) is 6.20 Å². The summed E-state index contributed by atoms with van der Waals surface area (Å²) < 4.78 is 0. The van der Waals surface area contributed by atoms with Crippen molar-refractivity contribution in [3.05, 3.63) is 17.8 Å². The Kier molecular flexibility index (Phi) is 1.72. The number of nitriles is 1. The highest BCUT2D eigenvalue weighted by atomic mass is 15.2. The van der Waals surface area contributed by atoms with E-state index in [0.717, 1.165) is 30.2 Å². The second-order valence-corrected chi connectivity index (χ2v) is 3.80. The smallest absolute Gasteiger partial charge is 0.165 e. The van der Waals surface area contributed by atoms with E-state index in [1.807, 2.05) is 6.07 Å². The zero-order chi connectivity index (χ0) is 10.3. The SMILES string of the molecule is N#CC1=Nc2nccc(N3CCCC3)c21. The molecular weight excluding hydrogens is 188 g/mol. The molecule has 0 saturated carbocycles. The van der Waals surface area contributed by atoms with Crippen LogP contribution in [0.25, 0.3) is 0 Å². The fourth-order valence-corrected chi connectivity index (χ4v) is 2.16. The first-order valence-electron chi connectivity index (χ1n) is 5.13. The van der Waals surface area contributed by atoms with Gasteiger partial charge in [-0.3, -0.25) is 0 Å². The molecule has 3 rings (SSSR count). The third kappa shape index (κ3) is 1.13. The molecule has 1 aromatic rings. The van der Waals surface area contributed by atoms with Gasteiger partial charge in [-0.15, -0.1) is 0 Å². The van der Waals surface area contributed by atoms with Crippen LogP contribution in [0.2, 0.25) is 0 Å². The molecule has 15 heavy (non-hydrogen) atoms. The molecule has 1 fully saturated rings. The van der Waals surface area contributed by atoms with Crippen molar-refractivity contribution in [1.29, 1.82) is 5.26 Å². The van der Waals surface area contributed by atoms with Crippen LogP contribution in [0.3, 0.4) is 0 Å². The highest BCUT2D eigenvalue weighted by Gasteiger charge is 2.27. The summed E-state index contributed by atoms with van der Waals surface area (Å²) in [5, 5.41) is 8.87. The Morgan fingerprint density at radius 1 is 1.33 bits per heavy atom. The monoisotopic (exact) mass is 198 g/mol. The standard InChI is InChI=1S/C11H10N4/c12-7-8-10-9(15-5-1-2-6-15)3-4-13-11(10)14-8/h3-4H,1-2,5-6H2. The molecule has 0 atom stereocenters. The number of nitrogens with zero attached hydrogens (tertiary/aromatic N) is 4. The van der Waals surface area contributed by atoms with E-state index in [1.165, 1.54) is 12.8 Å². The molecule has 0 amide bonds. The minimum absolute atomic E-state index is 0.528. The van der Waals surface area contributed by atoms with E-state index >= 15 is 0 Å². The van der Waals surface area contributed by atoms with Crippen LogP contribution in [-0.2, 0) is 0 Å².